The van der Waals surface area contributed by atoms with E-state index in [1.165, 1.54) is 0 Å². The molecule has 1 rings (SSSR count). The first kappa shape index (κ1) is 11.4. The van der Waals surface area contributed by atoms with E-state index in [0.29, 0.717) is 6.07 Å². The van der Waals surface area contributed by atoms with Crippen LogP contribution in [0.5, 0.6) is 0 Å². The van der Waals surface area contributed by atoms with E-state index >= 15 is 0 Å². The van der Waals surface area contributed by atoms with E-state index in [4.69, 9.17) is 14.3 Å². The van der Waals surface area contributed by atoms with E-state index in [0.717, 1.165) is 12.1 Å². The van der Waals surface area contributed by atoms with Crippen LogP contribution in [0, 0.1) is 6.07 Å². The van der Waals surface area contributed by atoms with Crippen LogP contribution in [-0.4, -0.2) is 22.8 Å². The topological polar surface area (TPSA) is 112 Å². The van der Waals surface area contributed by atoms with Crippen LogP contribution in [0.3, 0.4) is 0 Å². The van der Waals surface area contributed by atoms with Crippen LogP contribution in [0.2, 0.25) is 0 Å². The molecule has 0 heterocycles. The van der Waals surface area contributed by atoms with Gasteiger partial charge in [-0.25, -0.2) is 0 Å². The van der Waals surface area contributed by atoms with Crippen molar-refractivity contribution in [1.29, 1.82) is 0 Å². The summed E-state index contributed by atoms with van der Waals surface area (Å²) in [5, 5.41) is -0.483. The first-order valence-electron chi connectivity index (χ1n) is 3.26. The van der Waals surface area contributed by atoms with Crippen molar-refractivity contribution in [3.8, 4) is 0 Å². The molecule has 77 valence electrons. The van der Waals surface area contributed by atoms with Crippen LogP contribution >= 0.6 is 7.60 Å². The Morgan fingerprint density at radius 1 is 1.36 bits per heavy atom. The molecule has 0 amide bonds. The fourth-order valence-corrected chi connectivity index (χ4v) is 1.91. The summed E-state index contributed by atoms with van der Waals surface area (Å²) in [5.74, 6) is 0. The van der Waals surface area contributed by atoms with Gasteiger partial charge in [-0.15, -0.1) is 0 Å². The van der Waals surface area contributed by atoms with E-state index in [9.17, 15) is 13.0 Å². The maximum Gasteiger partial charge on any atom is 0.356 e. The standard InChI is InChI=1S/C6H6O6PS/c7-13(8,9)5-2-1-3-6(4-5)14(10,11)12/h1-2,4H,(H2,7,8,9)(H,10,11,12). The Balaban J connectivity index is 3.36. The highest BCUT2D eigenvalue weighted by Gasteiger charge is 2.20. The lowest BCUT2D eigenvalue weighted by atomic mass is 10.4. The van der Waals surface area contributed by atoms with Crippen LogP contribution in [0.15, 0.2) is 23.1 Å². The highest BCUT2D eigenvalue weighted by molar-refractivity contribution is 7.85. The van der Waals surface area contributed by atoms with Gasteiger partial charge in [0, 0.05) is 6.07 Å². The van der Waals surface area contributed by atoms with E-state index in [-0.39, 0.29) is 0 Å². The molecule has 0 fully saturated rings. The summed E-state index contributed by atoms with van der Waals surface area (Å²) in [7, 11) is -8.99. The Hall–Kier alpha value is -0.720. The first-order valence-corrected chi connectivity index (χ1v) is 6.32. The summed E-state index contributed by atoms with van der Waals surface area (Å²) in [4.78, 5) is 16.7. The van der Waals surface area contributed by atoms with Gasteiger partial charge < -0.3 is 9.79 Å². The Labute approximate surface area is 80.1 Å². The summed E-state index contributed by atoms with van der Waals surface area (Å²) in [6.07, 6.45) is 0. The molecule has 3 N–H and O–H groups in total. The molecule has 0 bridgehead atoms. The van der Waals surface area contributed by atoms with Crippen LogP contribution in [0.25, 0.3) is 0 Å². The molecule has 0 aliphatic carbocycles. The first-order chi connectivity index (χ1) is 6.21. The fourth-order valence-electron chi connectivity index (χ4n) is 0.763. The average Bonchev–Trinajstić information content (AvgIpc) is 2.01. The lowest BCUT2D eigenvalue weighted by molar-refractivity contribution is 0.387. The largest absolute Gasteiger partial charge is 0.356 e. The maximum atomic E-state index is 10.7. The Bertz CT molecular complexity index is 487. The third-order valence-electron chi connectivity index (χ3n) is 1.37. The van der Waals surface area contributed by atoms with Crippen LogP contribution in [0.1, 0.15) is 0 Å². The predicted molar refractivity (Wildman–Crippen MR) is 46.8 cm³/mol. The second kappa shape index (κ2) is 3.45. The van der Waals surface area contributed by atoms with Crippen molar-refractivity contribution >= 4 is 23.0 Å². The lowest BCUT2D eigenvalue weighted by Crippen LogP contribution is -2.07. The molecule has 0 spiro atoms. The van der Waals surface area contributed by atoms with Crippen LogP contribution in [0.4, 0.5) is 0 Å². The van der Waals surface area contributed by atoms with Gasteiger partial charge in [-0.2, -0.15) is 8.42 Å². The molecular formula is C6H6O6PS. The molecule has 1 aromatic carbocycles. The van der Waals surface area contributed by atoms with E-state index in [1.54, 1.807) is 0 Å². The molecule has 0 aliphatic rings. The normalized spacial score (nSPS) is 12.8. The van der Waals surface area contributed by atoms with Crippen molar-refractivity contribution in [1.82, 2.24) is 0 Å². The van der Waals surface area contributed by atoms with E-state index < -0.39 is 27.9 Å². The van der Waals surface area contributed by atoms with Gasteiger partial charge in [-0.1, -0.05) is 6.07 Å². The summed E-state index contributed by atoms with van der Waals surface area (Å²) >= 11 is 0. The third-order valence-corrected chi connectivity index (χ3v) is 3.12. The molecule has 6 nitrogen and oxygen atoms in total. The minimum absolute atomic E-state index is 0.483. The smallest absolute Gasteiger partial charge is 0.321 e. The second-order valence-corrected chi connectivity index (χ2v) is 5.42. The van der Waals surface area contributed by atoms with Crippen molar-refractivity contribution in [3.05, 3.63) is 24.3 Å². The Morgan fingerprint density at radius 2 is 1.93 bits per heavy atom. The van der Waals surface area contributed by atoms with Crippen molar-refractivity contribution in [3.63, 3.8) is 0 Å². The average molecular weight is 237 g/mol. The van der Waals surface area contributed by atoms with Gasteiger partial charge in [0.05, 0.1) is 5.30 Å². The van der Waals surface area contributed by atoms with Gasteiger partial charge in [0.25, 0.3) is 10.1 Å². The number of benzene rings is 1. The van der Waals surface area contributed by atoms with E-state index in [2.05, 4.69) is 6.07 Å². The van der Waals surface area contributed by atoms with E-state index in [1.807, 2.05) is 0 Å². The third kappa shape index (κ3) is 2.63. The number of hydrogen-bond donors (Lipinski definition) is 3. The van der Waals surface area contributed by atoms with Gasteiger partial charge in [0.1, 0.15) is 4.90 Å². The molecule has 14 heavy (non-hydrogen) atoms. The minimum Gasteiger partial charge on any atom is -0.321 e. The molecular weight excluding hydrogens is 231 g/mol. The maximum absolute atomic E-state index is 10.7. The summed E-state index contributed by atoms with van der Waals surface area (Å²) in [6, 6.07) is 4.85. The zero-order valence-corrected chi connectivity index (χ0v) is 8.36. The lowest BCUT2D eigenvalue weighted by Gasteiger charge is -2.04. The molecule has 0 atom stereocenters. The highest BCUT2D eigenvalue weighted by Crippen LogP contribution is 2.33. The van der Waals surface area contributed by atoms with Gasteiger partial charge in [0.15, 0.2) is 0 Å². The van der Waals surface area contributed by atoms with Crippen LogP contribution < -0.4 is 5.30 Å². The van der Waals surface area contributed by atoms with Crippen molar-refractivity contribution in [2.45, 2.75) is 4.90 Å². The Morgan fingerprint density at radius 3 is 2.36 bits per heavy atom. The predicted octanol–water partition coefficient (Wildman–Crippen LogP) is -0.464. The molecule has 8 heteroatoms. The van der Waals surface area contributed by atoms with Crippen molar-refractivity contribution in [2.75, 3.05) is 0 Å². The van der Waals surface area contributed by atoms with Crippen molar-refractivity contribution in [2.24, 2.45) is 0 Å². The van der Waals surface area contributed by atoms with Gasteiger partial charge in [-0.3, -0.25) is 9.12 Å². The molecule has 1 aromatic rings. The quantitative estimate of drug-likeness (QED) is 0.473. The molecule has 0 saturated carbocycles. The molecule has 0 saturated heterocycles. The summed E-state index contributed by atoms with van der Waals surface area (Å²) < 4.78 is 40.5. The van der Waals surface area contributed by atoms with Crippen molar-refractivity contribution < 1.29 is 27.3 Å². The van der Waals surface area contributed by atoms with Gasteiger partial charge >= 0.3 is 7.60 Å². The zero-order valence-electron chi connectivity index (χ0n) is 6.65. The zero-order chi connectivity index (χ0) is 11.0. The highest BCUT2D eigenvalue weighted by atomic mass is 32.2. The monoisotopic (exact) mass is 237 g/mol. The summed E-state index contributed by atoms with van der Waals surface area (Å²) in [5.41, 5.74) is 0. The minimum atomic E-state index is -4.51. The SMILES string of the molecule is O=P(O)(O)c1cc[c]c(S(=O)(=O)O)c1. The molecule has 0 aromatic heterocycles. The van der Waals surface area contributed by atoms with Gasteiger partial charge in [-0.05, 0) is 12.1 Å². The molecule has 0 unspecified atom stereocenters. The number of hydrogen-bond acceptors (Lipinski definition) is 3. The summed E-state index contributed by atoms with van der Waals surface area (Å²) in [6.45, 7) is 0. The molecule has 1 radical (unpaired) electrons. The molecule has 0 aliphatic heterocycles. The Kier molecular flexibility index (Phi) is 2.80. The number of rotatable bonds is 2. The van der Waals surface area contributed by atoms with Gasteiger partial charge in [0.2, 0.25) is 0 Å². The fraction of sp³-hybridized carbons (Fsp3) is 0. The van der Waals surface area contributed by atoms with Crippen LogP contribution in [-0.2, 0) is 14.7 Å². The second-order valence-electron chi connectivity index (χ2n) is 2.43.